The molecule has 0 spiro atoms. The van der Waals surface area contributed by atoms with E-state index in [1.165, 1.54) is 5.56 Å². The number of anilines is 1. The Morgan fingerprint density at radius 2 is 1.67 bits per heavy atom. The van der Waals surface area contributed by atoms with E-state index < -0.39 is 10.0 Å². The van der Waals surface area contributed by atoms with Gasteiger partial charge in [-0.05, 0) is 49.2 Å². The van der Waals surface area contributed by atoms with Crippen molar-refractivity contribution in [2.45, 2.75) is 25.2 Å². The van der Waals surface area contributed by atoms with Gasteiger partial charge in [0.25, 0.3) is 10.0 Å². The maximum absolute atomic E-state index is 12.7. The molecule has 0 aliphatic heterocycles. The summed E-state index contributed by atoms with van der Waals surface area (Å²) < 4.78 is 33.7. The molecule has 3 aromatic carbocycles. The minimum absolute atomic E-state index is 0.225. The van der Waals surface area contributed by atoms with Crippen LogP contribution in [0, 0.1) is 6.92 Å². The lowest BCUT2D eigenvalue weighted by atomic mass is 10.1. The van der Waals surface area contributed by atoms with Gasteiger partial charge in [0, 0.05) is 16.8 Å². The maximum Gasteiger partial charge on any atom is 0.261 e. The Balaban J connectivity index is 1.57. The highest BCUT2D eigenvalue weighted by Crippen LogP contribution is 2.27. The molecule has 0 saturated heterocycles. The van der Waals surface area contributed by atoms with E-state index in [-0.39, 0.29) is 4.90 Å². The van der Waals surface area contributed by atoms with Crippen LogP contribution in [0.15, 0.2) is 88.4 Å². The molecule has 0 atom stereocenters. The van der Waals surface area contributed by atoms with Crippen molar-refractivity contribution in [3.63, 3.8) is 0 Å². The molecule has 0 aliphatic carbocycles. The summed E-state index contributed by atoms with van der Waals surface area (Å²) in [6, 6.07) is 21.9. The third-order valence-corrected chi connectivity index (χ3v) is 6.25. The van der Waals surface area contributed by atoms with Gasteiger partial charge in [0.05, 0.1) is 4.90 Å². The summed E-state index contributed by atoms with van der Waals surface area (Å²) >= 11 is 0. The number of rotatable bonds is 6. The molecule has 0 radical (unpaired) electrons. The molecule has 5 nitrogen and oxygen atoms in total. The van der Waals surface area contributed by atoms with Gasteiger partial charge in [-0.1, -0.05) is 55.0 Å². The molecule has 0 aliphatic rings. The number of nitrogens with one attached hydrogen (secondary N) is 1. The smallest absolute Gasteiger partial charge is 0.261 e. The summed E-state index contributed by atoms with van der Waals surface area (Å²) in [6.07, 6.45) is 2.46. The van der Waals surface area contributed by atoms with E-state index in [0.29, 0.717) is 17.1 Å². The van der Waals surface area contributed by atoms with Gasteiger partial charge in [-0.25, -0.2) is 13.4 Å². The van der Waals surface area contributed by atoms with Gasteiger partial charge in [0.1, 0.15) is 12.0 Å². The van der Waals surface area contributed by atoms with Crippen LogP contribution in [0.4, 0.5) is 5.69 Å². The number of oxazole rings is 1. The van der Waals surface area contributed by atoms with E-state index in [1.54, 1.807) is 36.6 Å². The molecule has 1 N–H and O–H groups in total. The highest BCUT2D eigenvalue weighted by atomic mass is 32.2. The molecule has 4 rings (SSSR count). The standard InChI is InChI=1S/C24H22N2O3S/c1-3-18-9-13-22(14-10-18)30(27,28)26-21-6-4-5-20(15-21)24-25-23(16-29-24)19-11-7-17(2)8-12-19/h4-16,26H,3H2,1-2H3. The van der Waals surface area contributed by atoms with Crippen LogP contribution in [0.1, 0.15) is 18.1 Å². The summed E-state index contributed by atoms with van der Waals surface area (Å²) in [4.78, 5) is 4.78. The largest absolute Gasteiger partial charge is 0.444 e. The molecule has 1 aromatic heterocycles. The zero-order valence-electron chi connectivity index (χ0n) is 16.8. The first-order chi connectivity index (χ1) is 14.4. The van der Waals surface area contributed by atoms with Crippen LogP contribution in [-0.2, 0) is 16.4 Å². The van der Waals surface area contributed by atoms with E-state index in [4.69, 9.17) is 4.42 Å². The molecule has 0 amide bonds. The quantitative estimate of drug-likeness (QED) is 0.437. The molecule has 0 unspecified atom stereocenters. The second-order valence-electron chi connectivity index (χ2n) is 7.09. The molecule has 0 bridgehead atoms. The Bertz CT molecular complexity index is 1260. The van der Waals surface area contributed by atoms with Gasteiger partial charge in [-0.3, -0.25) is 4.72 Å². The van der Waals surface area contributed by atoms with Gasteiger partial charge in [-0.15, -0.1) is 0 Å². The average molecular weight is 419 g/mol. The number of hydrogen-bond donors (Lipinski definition) is 1. The second kappa shape index (κ2) is 8.16. The predicted octanol–water partition coefficient (Wildman–Crippen LogP) is 5.68. The van der Waals surface area contributed by atoms with Crippen LogP contribution >= 0.6 is 0 Å². The Kier molecular flexibility index (Phi) is 5.42. The van der Waals surface area contributed by atoms with Crippen molar-refractivity contribution < 1.29 is 12.8 Å². The monoisotopic (exact) mass is 418 g/mol. The van der Waals surface area contributed by atoms with E-state index in [2.05, 4.69) is 9.71 Å². The van der Waals surface area contributed by atoms with Crippen molar-refractivity contribution in [3.05, 3.63) is 90.2 Å². The second-order valence-corrected chi connectivity index (χ2v) is 8.77. The maximum atomic E-state index is 12.7. The van der Waals surface area contributed by atoms with Crippen molar-refractivity contribution in [2.24, 2.45) is 0 Å². The number of sulfonamides is 1. The third kappa shape index (κ3) is 4.28. The zero-order valence-corrected chi connectivity index (χ0v) is 17.6. The van der Waals surface area contributed by atoms with Gasteiger partial charge in [0.2, 0.25) is 5.89 Å². The summed E-state index contributed by atoms with van der Waals surface area (Å²) in [5.74, 6) is 0.430. The van der Waals surface area contributed by atoms with Crippen molar-refractivity contribution in [3.8, 4) is 22.7 Å². The van der Waals surface area contributed by atoms with Crippen LogP contribution in [0.3, 0.4) is 0 Å². The average Bonchev–Trinajstić information content (AvgIpc) is 3.24. The summed E-state index contributed by atoms with van der Waals surface area (Å²) in [5, 5.41) is 0. The highest BCUT2D eigenvalue weighted by molar-refractivity contribution is 7.92. The van der Waals surface area contributed by atoms with Crippen LogP contribution in [0.5, 0.6) is 0 Å². The lowest BCUT2D eigenvalue weighted by Gasteiger charge is -2.09. The lowest BCUT2D eigenvalue weighted by molar-refractivity contribution is 0.575. The minimum Gasteiger partial charge on any atom is -0.444 e. The molecule has 0 fully saturated rings. The molecule has 6 heteroatoms. The number of aromatic nitrogens is 1. The number of aryl methyl sites for hydroxylation is 2. The molecule has 152 valence electrons. The fourth-order valence-corrected chi connectivity index (χ4v) is 4.15. The van der Waals surface area contributed by atoms with Crippen molar-refractivity contribution in [1.29, 1.82) is 0 Å². The van der Waals surface area contributed by atoms with E-state index >= 15 is 0 Å². The first kappa shape index (κ1) is 19.9. The van der Waals surface area contributed by atoms with E-state index in [9.17, 15) is 8.42 Å². The van der Waals surface area contributed by atoms with Gasteiger partial charge in [0.15, 0.2) is 0 Å². The minimum atomic E-state index is -3.68. The van der Waals surface area contributed by atoms with Crippen LogP contribution < -0.4 is 4.72 Å². The fourth-order valence-electron chi connectivity index (χ4n) is 3.10. The van der Waals surface area contributed by atoms with Crippen molar-refractivity contribution >= 4 is 15.7 Å². The van der Waals surface area contributed by atoms with Gasteiger partial charge in [-0.2, -0.15) is 0 Å². The molecule has 4 aromatic rings. The third-order valence-electron chi connectivity index (χ3n) is 4.86. The summed E-state index contributed by atoms with van der Waals surface area (Å²) in [5.41, 5.74) is 5.09. The summed E-state index contributed by atoms with van der Waals surface area (Å²) in [6.45, 7) is 4.06. The highest BCUT2D eigenvalue weighted by Gasteiger charge is 2.15. The Morgan fingerprint density at radius 1 is 0.933 bits per heavy atom. The molecule has 30 heavy (non-hydrogen) atoms. The van der Waals surface area contributed by atoms with Crippen LogP contribution in [0.25, 0.3) is 22.7 Å². The molecular weight excluding hydrogens is 396 g/mol. The Labute approximate surface area is 176 Å². The van der Waals surface area contributed by atoms with Crippen molar-refractivity contribution in [2.75, 3.05) is 4.72 Å². The first-order valence-corrected chi connectivity index (χ1v) is 11.2. The topological polar surface area (TPSA) is 72.2 Å². The van der Waals surface area contributed by atoms with Gasteiger partial charge >= 0.3 is 0 Å². The molecular formula is C24H22N2O3S. The number of nitrogens with zero attached hydrogens (tertiary/aromatic N) is 1. The van der Waals surface area contributed by atoms with Crippen molar-refractivity contribution in [1.82, 2.24) is 4.98 Å². The first-order valence-electron chi connectivity index (χ1n) is 9.69. The number of hydrogen-bond acceptors (Lipinski definition) is 4. The normalized spacial score (nSPS) is 11.4. The van der Waals surface area contributed by atoms with E-state index in [1.807, 2.05) is 56.3 Å². The summed E-state index contributed by atoms with van der Waals surface area (Å²) in [7, 11) is -3.68. The fraction of sp³-hybridized carbons (Fsp3) is 0.125. The SMILES string of the molecule is CCc1ccc(S(=O)(=O)Nc2cccc(-c3nc(-c4ccc(C)cc4)co3)c2)cc1. The Morgan fingerprint density at radius 3 is 2.37 bits per heavy atom. The predicted molar refractivity (Wildman–Crippen MR) is 119 cm³/mol. The van der Waals surface area contributed by atoms with Gasteiger partial charge < -0.3 is 4.42 Å². The number of benzene rings is 3. The molecule has 0 saturated carbocycles. The zero-order chi connectivity index (χ0) is 21.1. The van der Waals surface area contributed by atoms with E-state index in [0.717, 1.165) is 23.2 Å². The Hall–Kier alpha value is -3.38. The lowest BCUT2D eigenvalue weighted by Crippen LogP contribution is -2.12. The van der Waals surface area contributed by atoms with Crippen LogP contribution in [-0.4, -0.2) is 13.4 Å². The van der Waals surface area contributed by atoms with Crippen LogP contribution in [0.2, 0.25) is 0 Å². The molecule has 1 heterocycles.